The third kappa shape index (κ3) is 3.36. The summed E-state index contributed by atoms with van der Waals surface area (Å²) >= 11 is 2.20. The highest BCUT2D eigenvalue weighted by atomic mass is 32.2. The van der Waals surface area contributed by atoms with Gasteiger partial charge in [-0.1, -0.05) is 6.42 Å². The molecule has 0 aromatic carbocycles. The quantitative estimate of drug-likeness (QED) is 0.778. The van der Waals surface area contributed by atoms with Gasteiger partial charge in [-0.15, -0.1) is 0 Å². The standard InChI is InChI=1S/C12H24N2S/c1-10-8-14(11(2)7-13-10)9-12-5-3-4-6-15-12/h10-13H,3-9H2,1-2H3. The van der Waals surface area contributed by atoms with E-state index in [9.17, 15) is 0 Å². The summed E-state index contributed by atoms with van der Waals surface area (Å²) in [6.07, 6.45) is 4.33. The van der Waals surface area contributed by atoms with Crippen LogP contribution in [0.4, 0.5) is 0 Å². The maximum atomic E-state index is 3.55. The van der Waals surface area contributed by atoms with Crippen molar-refractivity contribution in [2.45, 2.75) is 50.4 Å². The second kappa shape index (κ2) is 5.55. The number of hydrogen-bond acceptors (Lipinski definition) is 3. The maximum absolute atomic E-state index is 3.55. The third-order valence-corrected chi connectivity index (χ3v) is 4.99. The summed E-state index contributed by atoms with van der Waals surface area (Å²) < 4.78 is 0. The van der Waals surface area contributed by atoms with Gasteiger partial charge in [-0.25, -0.2) is 0 Å². The van der Waals surface area contributed by atoms with Crippen LogP contribution in [0.1, 0.15) is 33.1 Å². The molecule has 3 unspecified atom stereocenters. The van der Waals surface area contributed by atoms with Crippen LogP contribution in [0.25, 0.3) is 0 Å². The van der Waals surface area contributed by atoms with Crippen LogP contribution in [0.3, 0.4) is 0 Å². The van der Waals surface area contributed by atoms with Crippen LogP contribution < -0.4 is 5.32 Å². The van der Waals surface area contributed by atoms with Crippen molar-refractivity contribution in [3.05, 3.63) is 0 Å². The first-order valence-electron chi connectivity index (χ1n) is 6.34. The average Bonchev–Trinajstić information content (AvgIpc) is 2.25. The molecular weight excluding hydrogens is 204 g/mol. The molecule has 2 aliphatic rings. The number of nitrogens with one attached hydrogen (secondary N) is 1. The molecular formula is C12H24N2S. The van der Waals surface area contributed by atoms with E-state index in [4.69, 9.17) is 0 Å². The van der Waals surface area contributed by atoms with Crippen molar-refractivity contribution in [2.24, 2.45) is 0 Å². The molecule has 0 aromatic rings. The monoisotopic (exact) mass is 228 g/mol. The zero-order valence-corrected chi connectivity index (χ0v) is 10.9. The minimum atomic E-state index is 0.676. The first kappa shape index (κ1) is 11.7. The molecule has 0 amide bonds. The molecule has 3 atom stereocenters. The Morgan fingerprint density at radius 2 is 2.20 bits per heavy atom. The van der Waals surface area contributed by atoms with Gasteiger partial charge >= 0.3 is 0 Å². The van der Waals surface area contributed by atoms with Crippen LogP contribution in [0.2, 0.25) is 0 Å². The Morgan fingerprint density at radius 1 is 1.33 bits per heavy atom. The molecule has 2 heterocycles. The van der Waals surface area contributed by atoms with Crippen molar-refractivity contribution >= 4 is 11.8 Å². The molecule has 1 N–H and O–H groups in total. The van der Waals surface area contributed by atoms with Gasteiger partial charge in [0.15, 0.2) is 0 Å². The minimum Gasteiger partial charge on any atom is -0.311 e. The molecule has 0 aromatic heterocycles. The van der Waals surface area contributed by atoms with Crippen LogP contribution in [0.5, 0.6) is 0 Å². The van der Waals surface area contributed by atoms with Crippen molar-refractivity contribution < 1.29 is 0 Å². The average molecular weight is 228 g/mol. The molecule has 2 saturated heterocycles. The minimum absolute atomic E-state index is 0.676. The number of thioether (sulfide) groups is 1. The molecule has 0 spiro atoms. The Labute approximate surface area is 98.2 Å². The smallest absolute Gasteiger partial charge is 0.0193 e. The van der Waals surface area contributed by atoms with Crippen LogP contribution in [0, 0.1) is 0 Å². The lowest BCUT2D eigenvalue weighted by molar-refractivity contribution is 0.145. The van der Waals surface area contributed by atoms with E-state index in [1.165, 1.54) is 44.6 Å². The van der Waals surface area contributed by atoms with Gasteiger partial charge in [0.25, 0.3) is 0 Å². The molecule has 0 saturated carbocycles. The fraction of sp³-hybridized carbons (Fsp3) is 1.00. The summed E-state index contributed by atoms with van der Waals surface area (Å²) in [7, 11) is 0. The number of hydrogen-bond donors (Lipinski definition) is 1. The van der Waals surface area contributed by atoms with Gasteiger partial charge < -0.3 is 5.32 Å². The van der Waals surface area contributed by atoms with Gasteiger partial charge in [0.2, 0.25) is 0 Å². The Morgan fingerprint density at radius 3 is 2.93 bits per heavy atom. The van der Waals surface area contributed by atoms with E-state index in [0.29, 0.717) is 6.04 Å². The van der Waals surface area contributed by atoms with Crippen LogP contribution >= 0.6 is 11.8 Å². The first-order chi connectivity index (χ1) is 7.25. The zero-order valence-electron chi connectivity index (χ0n) is 10.0. The van der Waals surface area contributed by atoms with Gasteiger partial charge in [0.1, 0.15) is 0 Å². The summed E-state index contributed by atoms with van der Waals surface area (Å²) in [6.45, 7) is 8.37. The fourth-order valence-corrected chi connectivity index (χ4v) is 3.90. The van der Waals surface area contributed by atoms with Crippen LogP contribution in [0.15, 0.2) is 0 Å². The highest BCUT2D eigenvalue weighted by molar-refractivity contribution is 7.99. The van der Waals surface area contributed by atoms with E-state index < -0.39 is 0 Å². The van der Waals surface area contributed by atoms with Crippen molar-refractivity contribution in [3.8, 4) is 0 Å². The zero-order chi connectivity index (χ0) is 10.7. The largest absolute Gasteiger partial charge is 0.311 e. The lowest BCUT2D eigenvalue weighted by atomic mass is 10.1. The van der Waals surface area contributed by atoms with E-state index in [1.54, 1.807) is 0 Å². The van der Waals surface area contributed by atoms with Crippen LogP contribution in [-0.2, 0) is 0 Å². The maximum Gasteiger partial charge on any atom is 0.0193 e. The number of nitrogens with zero attached hydrogens (tertiary/aromatic N) is 1. The highest BCUT2D eigenvalue weighted by Crippen LogP contribution is 2.26. The summed E-state index contributed by atoms with van der Waals surface area (Å²) in [4.78, 5) is 2.68. The molecule has 3 heteroatoms. The Balaban J connectivity index is 1.80. The topological polar surface area (TPSA) is 15.3 Å². The second-order valence-electron chi connectivity index (χ2n) is 5.10. The van der Waals surface area contributed by atoms with Crippen molar-refractivity contribution in [3.63, 3.8) is 0 Å². The molecule has 15 heavy (non-hydrogen) atoms. The van der Waals surface area contributed by atoms with Gasteiger partial charge in [0, 0.05) is 37.0 Å². The number of piperazine rings is 1. The normalized spacial score (nSPS) is 39.2. The van der Waals surface area contributed by atoms with Crippen molar-refractivity contribution in [1.82, 2.24) is 10.2 Å². The molecule has 2 fully saturated rings. The fourth-order valence-electron chi connectivity index (χ4n) is 2.56. The predicted octanol–water partition coefficient (Wildman–Crippen LogP) is 1.95. The molecule has 0 bridgehead atoms. The number of rotatable bonds is 2. The first-order valence-corrected chi connectivity index (χ1v) is 7.39. The lowest BCUT2D eigenvalue weighted by Crippen LogP contribution is -2.55. The van der Waals surface area contributed by atoms with Gasteiger partial charge in [0.05, 0.1) is 0 Å². The predicted molar refractivity (Wildman–Crippen MR) is 68.6 cm³/mol. The highest BCUT2D eigenvalue weighted by Gasteiger charge is 2.25. The van der Waals surface area contributed by atoms with Gasteiger partial charge in [-0.05, 0) is 32.4 Å². The Hall–Kier alpha value is 0.270. The van der Waals surface area contributed by atoms with Gasteiger partial charge in [-0.3, -0.25) is 4.90 Å². The molecule has 2 rings (SSSR count). The van der Waals surface area contributed by atoms with E-state index in [-0.39, 0.29) is 0 Å². The molecule has 0 radical (unpaired) electrons. The summed E-state index contributed by atoms with van der Waals surface area (Å²) in [5.41, 5.74) is 0. The molecule has 88 valence electrons. The summed E-state index contributed by atoms with van der Waals surface area (Å²) in [5.74, 6) is 1.39. The third-order valence-electron chi connectivity index (χ3n) is 3.61. The SMILES string of the molecule is CC1CN(CC2CCCCS2)C(C)CN1. The molecule has 2 nitrogen and oxygen atoms in total. The summed E-state index contributed by atoms with van der Waals surface area (Å²) in [6, 6.07) is 1.40. The van der Waals surface area contributed by atoms with Gasteiger partial charge in [-0.2, -0.15) is 11.8 Å². The Kier molecular flexibility index (Phi) is 4.35. The lowest BCUT2D eigenvalue weighted by Gasteiger charge is -2.39. The van der Waals surface area contributed by atoms with Crippen LogP contribution in [-0.4, -0.2) is 47.6 Å². The van der Waals surface area contributed by atoms with Crippen molar-refractivity contribution in [2.75, 3.05) is 25.4 Å². The molecule has 2 aliphatic heterocycles. The Bertz CT molecular complexity index is 192. The van der Waals surface area contributed by atoms with E-state index >= 15 is 0 Å². The van der Waals surface area contributed by atoms with E-state index in [0.717, 1.165) is 11.3 Å². The van der Waals surface area contributed by atoms with E-state index in [2.05, 4.69) is 35.8 Å². The molecule has 0 aliphatic carbocycles. The van der Waals surface area contributed by atoms with E-state index in [1.807, 2.05) is 0 Å². The van der Waals surface area contributed by atoms with Crippen molar-refractivity contribution in [1.29, 1.82) is 0 Å². The second-order valence-corrected chi connectivity index (χ2v) is 6.51. The summed E-state index contributed by atoms with van der Waals surface area (Å²) in [5, 5.41) is 4.46.